The summed E-state index contributed by atoms with van der Waals surface area (Å²) < 4.78 is 1.97. The van der Waals surface area contributed by atoms with E-state index in [1.54, 1.807) is 23.7 Å². The molecule has 0 aliphatic heterocycles. The van der Waals surface area contributed by atoms with Crippen LogP contribution < -0.4 is 5.32 Å². The molecule has 4 heterocycles. The molecule has 0 aliphatic carbocycles. The molecule has 0 radical (unpaired) electrons. The van der Waals surface area contributed by atoms with Gasteiger partial charge in [0.05, 0.1) is 22.8 Å². The molecule has 4 rings (SSSR count). The topological polar surface area (TPSA) is 59.8 Å². The number of fused-ring (bicyclic) bond motifs is 1. The van der Waals surface area contributed by atoms with Gasteiger partial charge in [-0.2, -0.15) is 0 Å². The second-order valence-corrected chi connectivity index (χ2v) is 6.55. The molecular formula is C19H16N4OS. The van der Waals surface area contributed by atoms with Gasteiger partial charge in [0.2, 0.25) is 5.91 Å². The van der Waals surface area contributed by atoms with Crippen molar-refractivity contribution in [1.29, 1.82) is 0 Å². The number of aromatic nitrogens is 3. The Morgan fingerprint density at radius 3 is 2.80 bits per heavy atom. The number of rotatable bonds is 5. The molecule has 1 amide bonds. The number of hydrogen-bond donors (Lipinski definition) is 1. The molecule has 1 N–H and O–H groups in total. The molecule has 0 atom stereocenters. The molecule has 0 aromatic carbocycles. The highest BCUT2D eigenvalue weighted by Crippen LogP contribution is 2.30. The van der Waals surface area contributed by atoms with Crippen molar-refractivity contribution < 1.29 is 4.79 Å². The van der Waals surface area contributed by atoms with E-state index in [-0.39, 0.29) is 12.5 Å². The number of thiophene rings is 1. The summed E-state index contributed by atoms with van der Waals surface area (Å²) in [5.74, 6) is -0.0633. The molecule has 124 valence electrons. The van der Waals surface area contributed by atoms with Gasteiger partial charge in [-0.15, -0.1) is 11.3 Å². The summed E-state index contributed by atoms with van der Waals surface area (Å²) in [5, 5.41) is 5.99. The molecule has 0 saturated heterocycles. The fourth-order valence-electron chi connectivity index (χ4n) is 2.77. The van der Waals surface area contributed by atoms with Crippen LogP contribution in [0.1, 0.15) is 5.69 Å². The summed E-state index contributed by atoms with van der Waals surface area (Å²) >= 11 is 1.65. The van der Waals surface area contributed by atoms with E-state index in [9.17, 15) is 4.79 Å². The van der Waals surface area contributed by atoms with E-state index >= 15 is 0 Å². The number of nitrogens with one attached hydrogen (secondary N) is 1. The third-order valence-corrected chi connectivity index (χ3v) is 4.82. The Hall–Kier alpha value is -2.99. The zero-order chi connectivity index (χ0) is 17.1. The lowest BCUT2D eigenvalue weighted by atomic mass is 10.3. The van der Waals surface area contributed by atoms with Crippen LogP contribution >= 0.6 is 11.3 Å². The average Bonchev–Trinajstić information content (AvgIpc) is 3.29. The minimum atomic E-state index is -0.0633. The normalized spacial score (nSPS) is 10.9. The average molecular weight is 348 g/mol. The Morgan fingerprint density at radius 2 is 2.00 bits per heavy atom. The third kappa shape index (κ3) is 3.29. The van der Waals surface area contributed by atoms with Gasteiger partial charge >= 0.3 is 0 Å². The lowest BCUT2D eigenvalue weighted by Gasteiger charge is -2.10. The lowest BCUT2D eigenvalue weighted by Crippen LogP contribution is -2.27. The molecule has 25 heavy (non-hydrogen) atoms. The SMILES string of the molecule is O=C(Cn1c(-c2cccs2)cc2cccnc21)NCc1ccccn1. The quantitative estimate of drug-likeness (QED) is 0.601. The van der Waals surface area contributed by atoms with Gasteiger partial charge < -0.3 is 9.88 Å². The minimum Gasteiger partial charge on any atom is -0.349 e. The van der Waals surface area contributed by atoms with Crippen LogP contribution in [0.4, 0.5) is 0 Å². The molecule has 4 aromatic heterocycles. The molecule has 0 saturated carbocycles. The van der Waals surface area contributed by atoms with Gasteiger partial charge in [-0.25, -0.2) is 4.98 Å². The van der Waals surface area contributed by atoms with Crippen LogP contribution in [-0.4, -0.2) is 20.4 Å². The fourth-order valence-corrected chi connectivity index (χ4v) is 3.52. The highest BCUT2D eigenvalue weighted by atomic mass is 32.1. The molecular weight excluding hydrogens is 332 g/mol. The maximum atomic E-state index is 12.5. The molecule has 6 heteroatoms. The number of carbonyl (C=O) groups is 1. The van der Waals surface area contributed by atoms with E-state index in [4.69, 9.17) is 0 Å². The molecule has 5 nitrogen and oxygen atoms in total. The molecule has 0 fully saturated rings. The number of hydrogen-bond acceptors (Lipinski definition) is 4. The smallest absolute Gasteiger partial charge is 0.240 e. The Bertz CT molecular complexity index is 993. The summed E-state index contributed by atoms with van der Waals surface area (Å²) in [6.45, 7) is 0.640. The van der Waals surface area contributed by atoms with Crippen molar-refractivity contribution in [3.63, 3.8) is 0 Å². The maximum absolute atomic E-state index is 12.5. The lowest BCUT2D eigenvalue weighted by molar-refractivity contribution is -0.121. The maximum Gasteiger partial charge on any atom is 0.240 e. The second-order valence-electron chi connectivity index (χ2n) is 5.61. The first-order valence-electron chi connectivity index (χ1n) is 7.96. The Labute approximate surface area is 149 Å². The Morgan fingerprint density at radius 1 is 1.08 bits per heavy atom. The van der Waals surface area contributed by atoms with Crippen LogP contribution in [0, 0.1) is 0 Å². The van der Waals surface area contributed by atoms with E-state index in [1.807, 2.05) is 46.3 Å². The molecule has 0 bridgehead atoms. The first kappa shape index (κ1) is 15.5. The minimum absolute atomic E-state index is 0.0633. The molecule has 0 unspecified atom stereocenters. The van der Waals surface area contributed by atoms with Crippen molar-refractivity contribution in [2.24, 2.45) is 0 Å². The first-order valence-corrected chi connectivity index (χ1v) is 8.84. The summed E-state index contributed by atoms with van der Waals surface area (Å²) in [6.07, 6.45) is 3.47. The predicted octanol–water partition coefficient (Wildman–Crippen LogP) is 3.48. The van der Waals surface area contributed by atoms with Gasteiger partial charge in [-0.3, -0.25) is 9.78 Å². The molecule has 0 aliphatic rings. The van der Waals surface area contributed by atoms with Crippen molar-refractivity contribution in [3.8, 4) is 10.6 Å². The van der Waals surface area contributed by atoms with Gasteiger partial charge in [0.15, 0.2) is 0 Å². The van der Waals surface area contributed by atoms with Crippen molar-refractivity contribution >= 4 is 28.3 Å². The van der Waals surface area contributed by atoms with Crippen molar-refractivity contribution in [2.75, 3.05) is 0 Å². The summed E-state index contributed by atoms with van der Waals surface area (Å²) in [4.78, 5) is 22.3. The van der Waals surface area contributed by atoms with Gasteiger partial charge in [-0.05, 0) is 41.8 Å². The van der Waals surface area contributed by atoms with Crippen molar-refractivity contribution in [3.05, 3.63) is 72.0 Å². The van der Waals surface area contributed by atoms with Crippen molar-refractivity contribution in [1.82, 2.24) is 19.9 Å². The molecule has 4 aromatic rings. The zero-order valence-electron chi connectivity index (χ0n) is 13.4. The molecule has 0 spiro atoms. The number of amides is 1. The second kappa shape index (κ2) is 6.86. The highest BCUT2D eigenvalue weighted by molar-refractivity contribution is 7.13. The number of nitrogens with zero attached hydrogens (tertiary/aromatic N) is 3. The van der Waals surface area contributed by atoms with Crippen LogP contribution in [0.2, 0.25) is 0 Å². The van der Waals surface area contributed by atoms with E-state index < -0.39 is 0 Å². The number of carbonyl (C=O) groups excluding carboxylic acids is 1. The standard InChI is InChI=1S/C19H16N4OS/c24-18(22-12-15-6-1-2-8-20-15)13-23-16(17-7-4-10-25-17)11-14-5-3-9-21-19(14)23/h1-11H,12-13H2,(H,22,24). The number of pyridine rings is 2. The van der Waals surface area contributed by atoms with Crippen molar-refractivity contribution in [2.45, 2.75) is 13.1 Å². The summed E-state index contributed by atoms with van der Waals surface area (Å²) in [5.41, 5.74) is 2.67. The van der Waals surface area contributed by atoms with Crippen LogP contribution in [0.15, 0.2) is 66.3 Å². The van der Waals surface area contributed by atoms with Gasteiger partial charge in [0.1, 0.15) is 12.2 Å². The van der Waals surface area contributed by atoms with Gasteiger partial charge in [-0.1, -0.05) is 12.1 Å². The van der Waals surface area contributed by atoms with E-state index in [0.29, 0.717) is 6.54 Å². The zero-order valence-corrected chi connectivity index (χ0v) is 14.2. The largest absolute Gasteiger partial charge is 0.349 e. The first-order chi connectivity index (χ1) is 12.3. The summed E-state index contributed by atoms with van der Waals surface area (Å²) in [6, 6.07) is 15.7. The van der Waals surface area contributed by atoms with E-state index in [2.05, 4.69) is 27.4 Å². The van der Waals surface area contributed by atoms with E-state index in [1.165, 1.54) is 0 Å². The predicted molar refractivity (Wildman–Crippen MR) is 99.1 cm³/mol. The van der Waals surface area contributed by atoms with Gasteiger partial charge in [0.25, 0.3) is 0 Å². The highest BCUT2D eigenvalue weighted by Gasteiger charge is 2.15. The third-order valence-electron chi connectivity index (χ3n) is 3.92. The fraction of sp³-hybridized carbons (Fsp3) is 0.105. The Balaban J connectivity index is 1.60. The Kier molecular flexibility index (Phi) is 4.26. The van der Waals surface area contributed by atoms with Crippen LogP contribution in [0.5, 0.6) is 0 Å². The van der Waals surface area contributed by atoms with Crippen LogP contribution in [0.25, 0.3) is 21.6 Å². The van der Waals surface area contributed by atoms with E-state index in [0.717, 1.165) is 27.3 Å². The van der Waals surface area contributed by atoms with Gasteiger partial charge in [0, 0.05) is 17.8 Å². The van der Waals surface area contributed by atoms with Crippen LogP contribution in [0.3, 0.4) is 0 Å². The monoisotopic (exact) mass is 348 g/mol. The summed E-state index contributed by atoms with van der Waals surface area (Å²) in [7, 11) is 0. The van der Waals surface area contributed by atoms with Crippen LogP contribution in [-0.2, 0) is 17.9 Å².